The number of thiophene rings is 1. The lowest BCUT2D eigenvalue weighted by molar-refractivity contribution is 0.0713. The summed E-state index contributed by atoms with van der Waals surface area (Å²) in [4.78, 5) is 18.0. The minimum absolute atomic E-state index is 0.0695. The van der Waals surface area contributed by atoms with Gasteiger partial charge in [0, 0.05) is 42.7 Å². The van der Waals surface area contributed by atoms with Gasteiger partial charge in [0.05, 0.1) is 22.2 Å². The second-order valence-electron chi connectivity index (χ2n) is 9.37. The number of aliphatic hydroxyl groups is 1. The number of aliphatic hydroxyl groups excluding tert-OH is 1. The van der Waals surface area contributed by atoms with Crippen LogP contribution in [-0.2, 0) is 0 Å². The summed E-state index contributed by atoms with van der Waals surface area (Å²) in [5.41, 5.74) is 8.07. The van der Waals surface area contributed by atoms with E-state index in [1.165, 1.54) is 29.5 Å². The van der Waals surface area contributed by atoms with Crippen molar-refractivity contribution in [2.24, 2.45) is 5.73 Å². The number of hydrogen-bond acceptors (Lipinski definition) is 6. The lowest BCUT2D eigenvalue weighted by Gasteiger charge is -2.30. The monoisotopic (exact) mass is 508 g/mol. The Bertz CT molecular complexity index is 1350. The number of carbonyl (C=O) groups excluding carboxylic acids is 1. The van der Waals surface area contributed by atoms with E-state index in [2.05, 4.69) is 0 Å². The van der Waals surface area contributed by atoms with Crippen molar-refractivity contribution in [1.82, 2.24) is 4.90 Å². The summed E-state index contributed by atoms with van der Waals surface area (Å²) >= 11 is 1.23. The molecule has 5 rings (SSSR count). The number of piperidine rings is 1. The summed E-state index contributed by atoms with van der Waals surface area (Å²) in [7, 11) is 0. The lowest BCUT2D eigenvalue weighted by atomic mass is 10.00. The molecule has 36 heavy (non-hydrogen) atoms. The molecule has 0 saturated carbocycles. The molecule has 6 nitrogen and oxygen atoms in total. The van der Waals surface area contributed by atoms with E-state index in [4.69, 9.17) is 11.0 Å². The van der Waals surface area contributed by atoms with Gasteiger partial charge >= 0.3 is 0 Å². The third-order valence-electron chi connectivity index (χ3n) is 6.80. The van der Waals surface area contributed by atoms with Crippen LogP contribution in [0.4, 0.5) is 14.5 Å². The Morgan fingerprint density at radius 3 is 2.50 bits per heavy atom. The fourth-order valence-electron chi connectivity index (χ4n) is 4.91. The van der Waals surface area contributed by atoms with Crippen LogP contribution >= 0.6 is 11.3 Å². The quantitative estimate of drug-likeness (QED) is 0.546. The SMILES string of the molecule is N#Cc1ccc(-c2cc(C(=O)N3CCC[C@@H](N)C3)sc2-c2ccc(N3CC[C@@H](O)C3)c(F)c2)cc1F. The molecule has 2 saturated heterocycles. The maximum absolute atomic E-state index is 15.2. The molecular weight excluding hydrogens is 482 g/mol. The molecule has 2 fully saturated rings. The highest BCUT2D eigenvalue weighted by atomic mass is 32.1. The number of likely N-dealkylation sites (tertiary alicyclic amines) is 1. The molecule has 1 amide bonds. The molecule has 9 heteroatoms. The predicted octanol–water partition coefficient (Wildman–Crippen LogP) is 4.37. The Morgan fingerprint density at radius 1 is 1.06 bits per heavy atom. The first kappa shape index (κ1) is 24.4. The van der Waals surface area contributed by atoms with Gasteiger partial charge in [0.15, 0.2) is 0 Å². The van der Waals surface area contributed by atoms with Crippen molar-refractivity contribution in [3.63, 3.8) is 0 Å². The highest BCUT2D eigenvalue weighted by Crippen LogP contribution is 2.41. The third-order valence-corrected chi connectivity index (χ3v) is 7.97. The van der Waals surface area contributed by atoms with Crippen LogP contribution in [-0.4, -0.2) is 54.2 Å². The number of nitriles is 1. The number of nitrogens with two attached hydrogens (primary N) is 1. The zero-order valence-electron chi connectivity index (χ0n) is 19.6. The number of hydrogen-bond donors (Lipinski definition) is 2. The Morgan fingerprint density at radius 2 is 1.83 bits per heavy atom. The van der Waals surface area contributed by atoms with E-state index in [1.54, 1.807) is 29.2 Å². The maximum Gasteiger partial charge on any atom is 0.264 e. The molecule has 3 aromatic rings. The van der Waals surface area contributed by atoms with Crippen LogP contribution in [0.3, 0.4) is 0 Å². The van der Waals surface area contributed by atoms with Gasteiger partial charge < -0.3 is 20.6 Å². The minimum atomic E-state index is -0.656. The summed E-state index contributed by atoms with van der Waals surface area (Å²) in [6, 6.07) is 12.6. The maximum atomic E-state index is 15.2. The topological polar surface area (TPSA) is 93.6 Å². The second kappa shape index (κ2) is 9.97. The lowest BCUT2D eigenvalue weighted by Crippen LogP contribution is -2.45. The van der Waals surface area contributed by atoms with Crippen molar-refractivity contribution < 1.29 is 18.7 Å². The Balaban J connectivity index is 1.56. The first-order chi connectivity index (χ1) is 17.3. The van der Waals surface area contributed by atoms with E-state index in [0.717, 1.165) is 12.8 Å². The molecule has 2 atom stereocenters. The Labute approximate surface area is 212 Å². The van der Waals surface area contributed by atoms with E-state index in [-0.39, 0.29) is 17.5 Å². The fourth-order valence-corrected chi connectivity index (χ4v) is 6.06. The normalized spacial score (nSPS) is 20.0. The van der Waals surface area contributed by atoms with Crippen LogP contribution < -0.4 is 10.6 Å². The van der Waals surface area contributed by atoms with Gasteiger partial charge in [-0.2, -0.15) is 5.26 Å². The predicted molar refractivity (Wildman–Crippen MR) is 136 cm³/mol. The fraction of sp³-hybridized carbons (Fsp3) is 0.333. The van der Waals surface area contributed by atoms with Crippen LogP contribution in [0.1, 0.15) is 34.5 Å². The molecule has 0 radical (unpaired) electrons. The van der Waals surface area contributed by atoms with E-state index in [9.17, 15) is 14.3 Å². The average molecular weight is 509 g/mol. The van der Waals surface area contributed by atoms with E-state index >= 15 is 4.39 Å². The van der Waals surface area contributed by atoms with Gasteiger partial charge in [-0.15, -0.1) is 11.3 Å². The first-order valence-corrected chi connectivity index (χ1v) is 12.8. The number of amides is 1. The molecule has 0 bridgehead atoms. The van der Waals surface area contributed by atoms with E-state index < -0.39 is 17.7 Å². The van der Waals surface area contributed by atoms with Gasteiger partial charge in [0.1, 0.15) is 17.7 Å². The van der Waals surface area contributed by atoms with E-state index in [1.807, 2.05) is 11.0 Å². The summed E-state index contributed by atoms with van der Waals surface area (Å²) in [5.74, 6) is -1.24. The van der Waals surface area contributed by atoms with E-state index in [0.29, 0.717) is 64.7 Å². The molecule has 1 aromatic heterocycles. The van der Waals surface area contributed by atoms with Gasteiger partial charge in [0.2, 0.25) is 0 Å². The van der Waals surface area contributed by atoms with Crippen molar-refractivity contribution in [3.05, 3.63) is 64.5 Å². The number of rotatable bonds is 4. The summed E-state index contributed by atoms with van der Waals surface area (Å²) in [6.07, 6.45) is 1.81. The highest BCUT2D eigenvalue weighted by Gasteiger charge is 2.27. The number of carbonyl (C=O) groups is 1. The number of nitrogens with zero attached hydrogens (tertiary/aromatic N) is 3. The van der Waals surface area contributed by atoms with Gasteiger partial charge in [-0.1, -0.05) is 12.1 Å². The molecule has 0 spiro atoms. The number of benzene rings is 2. The zero-order chi connectivity index (χ0) is 25.4. The molecule has 2 aliphatic rings. The standard InChI is InChI=1S/C27H26F2N4O2S/c28-22-10-16(3-4-18(22)13-30)21-12-25(27(35)33-8-1-2-19(31)14-33)36-26(21)17-5-6-24(23(29)11-17)32-9-7-20(34)15-32/h3-6,10-12,19-20,34H,1-2,7-9,14-15,31H2/t19-,20-/m1/s1. The average Bonchev–Trinajstić information content (AvgIpc) is 3.50. The van der Waals surface area contributed by atoms with Crippen molar-refractivity contribution in [2.75, 3.05) is 31.1 Å². The summed E-state index contributed by atoms with van der Waals surface area (Å²) in [6.45, 7) is 2.04. The molecule has 186 valence electrons. The number of β-amino-alcohol motifs (C(OH)–C–C–N with tert-alkyl or cyclic N) is 1. The second-order valence-corrected chi connectivity index (χ2v) is 10.4. The largest absolute Gasteiger partial charge is 0.391 e. The number of anilines is 1. The smallest absolute Gasteiger partial charge is 0.264 e. The third kappa shape index (κ3) is 4.72. The molecule has 3 N–H and O–H groups in total. The molecule has 3 heterocycles. The molecule has 0 unspecified atom stereocenters. The van der Waals surface area contributed by atoms with Crippen LogP contribution in [0.25, 0.3) is 21.6 Å². The van der Waals surface area contributed by atoms with Crippen molar-refractivity contribution >= 4 is 22.9 Å². The molecule has 0 aliphatic carbocycles. The zero-order valence-corrected chi connectivity index (χ0v) is 20.4. The number of halogens is 2. The summed E-state index contributed by atoms with van der Waals surface area (Å²) < 4.78 is 29.7. The molecular formula is C27H26F2N4O2S. The van der Waals surface area contributed by atoms with Crippen LogP contribution in [0.5, 0.6) is 0 Å². The highest BCUT2D eigenvalue weighted by molar-refractivity contribution is 7.18. The van der Waals surface area contributed by atoms with Crippen molar-refractivity contribution in [2.45, 2.75) is 31.4 Å². The summed E-state index contributed by atoms with van der Waals surface area (Å²) in [5, 5.41) is 18.9. The Kier molecular flexibility index (Phi) is 6.75. The van der Waals surface area contributed by atoms with Crippen molar-refractivity contribution in [1.29, 1.82) is 5.26 Å². The van der Waals surface area contributed by atoms with Crippen molar-refractivity contribution in [3.8, 4) is 27.6 Å². The van der Waals surface area contributed by atoms with Crippen LogP contribution in [0.15, 0.2) is 42.5 Å². The van der Waals surface area contributed by atoms with Crippen LogP contribution in [0.2, 0.25) is 0 Å². The van der Waals surface area contributed by atoms with Gasteiger partial charge in [-0.25, -0.2) is 8.78 Å². The molecule has 2 aromatic carbocycles. The van der Waals surface area contributed by atoms with Gasteiger partial charge in [-0.3, -0.25) is 4.79 Å². The molecule has 2 aliphatic heterocycles. The van der Waals surface area contributed by atoms with Gasteiger partial charge in [0.25, 0.3) is 5.91 Å². The Hall–Kier alpha value is -3.32. The van der Waals surface area contributed by atoms with Crippen LogP contribution in [0, 0.1) is 23.0 Å². The first-order valence-electron chi connectivity index (χ1n) is 12.0. The minimum Gasteiger partial charge on any atom is -0.391 e. The van der Waals surface area contributed by atoms with Gasteiger partial charge in [-0.05, 0) is 60.7 Å².